The smallest absolute Gasteiger partial charge is 0.326 e. The second-order valence-electron chi connectivity index (χ2n) is 5.85. The summed E-state index contributed by atoms with van der Waals surface area (Å²) in [6.45, 7) is 2.34. The van der Waals surface area contributed by atoms with E-state index in [0.29, 0.717) is 6.61 Å². The molecule has 1 aromatic rings. The molecule has 1 N–H and O–H groups in total. The second-order valence-corrected chi connectivity index (χ2v) is 8.86. The lowest BCUT2D eigenvalue weighted by molar-refractivity contribution is -0.141. The summed E-state index contributed by atoms with van der Waals surface area (Å²) in [4.78, 5) is 16.5. The second kappa shape index (κ2) is 14.1. The summed E-state index contributed by atoms with van der Waals surface area (Å²) < 4.78 is 8.32. The highest BCUT2D eigenvalue weighted by atomic mass is 32.2. The van der Waals surface area contributed by atoms with Crippen LogP contribution in [-0.4, -0.2) is 38.6 Å². The van der Waals surface area contributed by atoms with Crippen LogP contribution < -0.4 is 9.62 Å². The van der Waals surface area contributed by atoms with E-state index in [-0.39, 0.29) is 12.5 Å². The minimum absolute atomic E-state index is 0.156. The molecule has 0 radical (unpaired) electrons. The first-order chi connectivity index (χ1) is 14.7. The number of anilines is 2. The molecule has 0 bridgehead atoms. The van der Waals surface area contributed by atoms with Crippen molar-refractivity contribution in [3.63, 3.8) is 0 Å². The van der Waals surface area contributed by atoms with E-state index in [4.69, 9.17) is 4.74 Å². The lowest BCUT2D eigenvalue weighted by Gasteiger charge is -2.26. The highest BCUT2D eigenvalue weighted by Crippen LogP contribution is 2.41. The number of carbonyl (C=O) groups excluding carboxylic acids is 1. The molecule has 1 aromatic carbocycles. The zero-order chi connectivity index (χ0) is 21.6. The first-order valence-electron chi connectivity index (χ1n) is 9.51. The minimum Gasteiger partial charge on any atom is -0.465 e. The molecule has 0 saturated heterocycles. The fourth-order valence-electron chi connectivity index (χ4n) is 2.56. The maximum Gasteiger partial charge on any atom is 0.326 e. The van der Waals surface area contributed by atoms with Crippen molar-refractivity contribution in [3.8, 4) is 0 Å². The Morgan fingerprint density at radius 2 is 2.30 bits per heavy atom. The van der Waals surface area contributed by atoms with Gasteiger partial charge in [0, 0.05) is 19.5 Å². The number of allylic oxidation sites excluding steroid dienone is 3. The third kappa shape index (κ3) is 8.01. The van der Waals surface area contributed by atoms with Crippen molar-refractivity contribution in [2.24, 2.45) is 4.99 Å². The molecule has 0 atom stereocenters. The number of rotatable bonds is 11. The van der Waals surface area contributed by atoms with E-state index in [2.05, 4.69) is 27.9 Å². The zero-order valence-electron chi connectivity index (χ0n) is 17.4. The van der Waals surface area contributed by atoms with E-state index in [1.54, 1.807) is 47.9 Å². The Bertz CT molecular complexity index is 848. The van der Waals surface area contributed by atoms with Crippen LogP contribution in [0.5, 0.6) is 0 Å². The van der Waals surface area contributed by atoms with Gasteiger partial charge in [-0.05, 0) is 60.1 Å². The van der Waals surface area contributed by atoms with Crippen LogP contribution in [0.15, 0.2) is 62.7 Å². The number of esters is 1. The van der Waals surface area contributed by atoms with E-state index >= 15 is 0 Å². The van der Waals surface area contributed by atoms with Crippen LogP contribution in [0.25, 0.3) is 6.08 Å². The van der Waals surface area contributed by atoms with Gasteiger partial charge in [-0.15, -0.1) is 11.8 Å². The summed E-state index contributed by atoms with van der Waals surface area (Å²) in [6.07, 6.45) is 14.6. The van der Waals surface area contributed by atoms with Crippen LogP contribution >= 0.6 is 35.5 Å². The van der Waals surface area contributed by atoms with E-state index < -0.39 is 0 Å². The molecule has 160 valence electrons. The molecule has 1 heterocycles. The first kappa shape index (κ1) is 24.2. The van der Waals surface area contributed by atoms with Crippen molar-refractivity contribution in [1.82, 2.24) is 0 Å². The number of ether oxygens (including phenoxy) is 1. The van der Waals surface area contributed by atoms with Crippen LogP contribution in [0.3, 0.4) is 0 Å². The van der Waals surface area contributed by atoms with Gasteiger partial charge in [-0.25, -0.2) is 0 Å². The van der Waals surface area contributed by atoms with E-state index in [9.17, 15) is 4.79 Å². The summed E-state index contributed by atoms with van der Waals surface area (Å²) >= 11 is 4.81. The van der Waals surface area contributed by atoms with Crippen molar-refractivity contribution in [2.45, 2.75) is 13.3 Å². The van der Waals surface area contributed by atoms with Crippen LogP contribution in [0.4, 0.5) is 11.4 Å². The van der Waals surface area contributed by atoms with Crippen LogP contribution in [0, 0.1) is 0 Å². The van der Waals surface area contributed by atoms with Crippen molar-refractivity contribution in [3.05, 3.63) is 63.2 Å². The highest BCUT2D eigenvalue weighted by molar-refractivity contribution is 8.24. The molecule has 0 saturated carbocycles. The van der Waals surface area contributed by atoms with Crippen LogP contribution in [-0.2, 0) is 9.53 Å². The fraction of sp³-hybridized carbons (Fsp3) is 0.273. The molecule has 0 amide bonds. The molecule has 30 heavy (non-hydrogen) atoms. The molecule has 1 aliphatic rings. The molecule has 0 aromatic heterocycles. The van der Waals surface area contributed by atoms with Gasteiger partial charge in [0.2, 0.25) is 0 Å². The summed E-state index contributed by atoms with van der Waals surface area (Å²) in [5, 5.41) is 7.28. The van der Waals surface area contributed by atoms with Crippen molar-refractivity contribution >= 4 is 65.1 Å². The summed E-state index contributed by atoms with van der Waals surface area (Å²) in [5.74, 6) is -0.252. The molecular weight excluding hydrogens is 434 g/mol. The maximum atomic E-state index is 12.3. The molecule has 0 aliphatic carbocycles. The number of nitrogens with one attached hydrogen (secondary N) is 1. The number of hydrogen-bond acceptors (Lipinski definition) is 8. The minimum atomic E-state index is -0.252. The zero-order valence-corrected chi connectivity index (χ0v) is 19.9. The molecule has 8 heteroatoms. The normalized spacial score (nSPS) is 13.9. The highest BCUT2D eigenvalue weighted by Gasteiger charge is 2.20. The Balaban J connectivity index is 2.30. The van der Waals surface area contributed by atoms with E-state index in [1.165, 1.54) is 0 Å². The molecule has 0 unspecified atom stereocenters. The number of hydrogen-bond donors (Lipinski definition) is 1. The third-order valence-corrected chi connectivity index (χ3v) is 6.33. The van der Waals surface area contributed by atoms with Crippen LogP contribution in [0.1, 0.15) is 18.9 Å². The van der Waals surface area contributed by atoms with Gasteiger partial charge >= 0.3 is 5.97 Å². The number of thioether (sulfide) groups is 2. The van der Waals surface area contributed by atoms with E-state index in [0.717, 1.165) is 27.6 Å². The SMILES string of the molecule is CCOC(=O)CN(SC1=CCC=CS1)c1cccc(/C=C/C=N/C=C\SC)c1NC. The number of benzene rings is 1. The van der Waals surface area contributed by atoms with E-state index in [1.807, 2.05) is 60.3 Å². The number of para-hydroxylation sites is 1. The molecule has 2 rings (SSSR count). The molecule has 1 aliphatic heterocycles. The lowest BCUT2D eigenvalue weighted by atomic mass is 10.1. The van der Waals surface area contributed by atoms with Crippen molar-refractivity contribution < 1.29 is 9.53 Å². The molecular formula is C22H27N3O2S3. The summed E-state index contributed by atoms with van der Waals surface area (Å²) in [6, 6.07) is 6.03. The van der Waals surface area contributed by atoms with Gasteiger partial charge in [0.15, 0.2) is 0 Å². The van der Waals surface area contributed by atoms with Crippen molar-refractivity contribution in [2.75, 3.05) is 36.1 Å². The largest absolute Gasteiger partial charge is 0.465 e. The van der Waals surface area contributed by atoms with Gasteiger partial charge in [0.25, 0.3) is 0 Å². The van der Waals surface area contributed by atoms with Gasteiger partial charge in [0.05, 0.1) is 22.2 Å². The van der Waals surface area contributed by atoms with Gasteiger partial charge in [0.1, 0.15) is 6.54 Å². The molecule has 5 nitrogen and oxygen atoms in total. The van der Waals surface area contributed by atoms with Gasteiger partial charge in [-0.3, -0.25) is 14.1 Å². The number of carbonyl (C=O) groups is 1. The summed E-state index contributed by atoms with van der Waals surface area (Å²) in [7, 11) is 1.88. The molecule has 0 spiro atoms. The predicted octanol–water partition coefficient (Wildman–Crippen LogP) is 6.16. The third-order valence-electron chi connectivity index (χ3n) is 3.80. The number of nitrogens with zero attached hydrogens (tertiary/aromatic N) is 2. The Morgan fingerprint density at radius 3 is 3.00 bits per heavy atom. The quantitative estimate of drug-likeness (QED) is 0.241. The average Bonchev–Trinajstić information content (AvgIpc) is 2.76. The standard InChI is InChI=1S/C22H27N3O2S3/c1-4-27-20(26)17-25(30-21-12-5-6-15-29-21)19-11-7-9-18(22(19)23-2)10-8-13-24-14-16-28-3/h6-16,23H,4-5,17H2,1-3H3/b10-8+,16-14-,24-13+. The lowest BCUT2D eigenvalue weighted by Crippen LogP contribution is -2.26. The molecule has 0 fully saturated rings. The fourth-order valence-corrected chi connectivity index (χ4v) is 4.70. The summed E-state index contributed by atoms with van der Waals surface area (Å²) in [5.41, 5.74) is 2.87. The monoisotopic (exact) mass is 461 g/mol. The van der Waals surface area contributed by atoms with Gasteiger partial charge in [-0.1, -0.05) is 42.1 Å². The maximum absolute atomic E-state index is 12.3. The van der Waals surface area contributed by atoms with Gasteiger partial charge in [-0.2, -0.15) is 0 Å². The average molecular weight is 462 g/mol. The number of aliphatic imine (C=N–C) groups is 1. The Labute approximate surface area is 191 Å². The topological polar surface area (TPSA) is 53.9 Å². The first-order valence-corrected chi connectivity index (χ1v) is 12.4. The predicted molar refractivity (Wildman–Crippen MR) is 137 cm³/mol. The Kier molecular flexibility index (Phi) is 11.4. The Morgan fingerprint density at radius 1 is 1.43 bits per heavy atom. The van der Waals surface area contributed by atoms with Gasteiger partial charge < -0.3 is 10.1 Å². The Hall–Kier alpha value is -2.03. The van der Waals surface area contributed by atoms with Crippen molar-refractivity contribution in [1.29, 1.82) is 0 Å². The van der Waals surface area contributed by atoms with Crippen LogP contribution in [0.2, 0.25) is 0 Å².